The summed E-state index contributed by atoms with van der Waals surface area (Å²) in [5.41, 5.74) is 0.257. The lowest BCUT2D eigenvalue weighted by Crippen LogP contribution is -2.32. The van der Waals surface area contributed by atoms with E-state index < -0.39 is 20.9 Å². The van der Waals surface area contributed by atoms with Crippen molar-refractivity contribution in [3.05, 3.63) is 64.2 Å². The van der Waals surface area contributed by atoms with Gasteiger partial charge in [-0.1, -0.05) is 25.0 Å². The zero-order chi connectivity index (χ0) is 19.4. The molecule has 2 aromatic rings. The molecule has 0 heterocycles. The number of hydrogen-bond donors (Lipinski definition) is 2. The van der Waals surface area contributed by atoms with Crippen LogP contribution in [0.5, 0.6) is 0 Å². The molecular weight excluding hydrogens is 370 g/mol. The molecule has 0 aromatic heterocycles. The Bertz CT molecular complexity index is 968. The van der Waals surface area contributed by atoms with Gasteiger partial charge in [0.15, 0.2) is 0 Å². The lowest BCUT2D eigenvalue weighted by Gasteiger charge is -2.13. The molecule has 0 aliphatic heterocycles. The summed E-state index contributed by atoms with van der Waals surface area (Å²) in [5.74, 6) is -0.548. The van der Waals surface area contributed by atoms with E-state index in [0.717, 1.165) is 25.7 Å². The highest BCUT2D eigenvalue weighted by atomic mass is 32.2. The van der Waals surface area contributed by atoms with Crippen LogP contribution in [0.25, 0.3) is 0 Å². The highest BCUT2D eigenvalue weighted by Gasteiger charge is 2.23. The van der Waals surface area contributed by atoms with Gasteiger partial charge >= 0.3 is 0 Å². The molecule has 0 bridgehead atoms. The molecule has 8 nitrogen and oxygen atoms in total. The van der Waals surface area contributed by atoms with Gasteiger partial charge in [0.1, 0.15) is 0 Å². The second-order valence-electron chi connectivity index (χ2n) is 6.39. The zero-order valence-corrected chi connectivity index (χ0v) is 15.2. The summed E-state index contributed by atoms with van der Waals surface area (Å²) in [4.78, 5) is 22.7. The fourth-order valence-electron chi connectivity index (χ4n) is 3.04. The summed E-state index contributed by atoms with van der Waals surface area (Å²) in [7, 11) is -3.71. The quantitative estimate of drug-likeness (QED) is 0.581. The van der Waals surface area contributed by atoms with Crippen LogP contribution in [-0.2, 0) is 10.0 Å². The van der Waals surface area contributed by atoms with Gasteiger partial charge in [-0.15, -0.1) is 0 Å². The third kappa shape index (κ3) is 4.69. The van der Waals surface area contributed by atoms with E-state index in [-0.39, 0.29) is 27.9 Å². The molecule has 2 aromatic carbocycles. The van der Waals surface area contributed by atoms with Crippen LogP contribution in [0, 0.1) is 10.1 Å². The summed E-state index contributed by atoms with van der Waals surface area (Å²) in [6, 6.07) is 11.2. The smallest absolute Gasteiger partial charge is 0.271 e. The SMILES string of the molecule is O=C(Nc1cccc([N+](=O)[O-])c1)c1cccc(S(=O)(=O)NC2CCCC2)c1. The van der Waals surface area contributed by atoms with Gasteiger partial charge < -0.3 is 5.32 Å². The van der Waals surface area contributed by atoms with Crippen LogP contribution < -0.4 is 10.0 Å². The molecular formula is C18H19N3O5S. The third-order valence-electron chi connectivity index (χ3n) is 4.40. The van der Waals surface area contributed by atoms with Crippen molar-refractivity contribution in [1.29, 1.82) is 0 Å². The molecule has 1 saturated carbocycles. The summed E-state index contributed by atoms with van der Waals surface area (Å²) in [6.07, 6.45) is 3.62. The van der Waals surface area contributed by atoms with Crippen molar-refractivity contribution in [2.45, 2.75) is 36.6 Å². The first-order valence-corrected chi connectivity index (χ1v) is 10.0. The molecule has 2 N–H and O–H groups in total. The average molecular weight is 389 g/mol. The van der Waals surface area contributed by atoms with E-state index in [2.05, 4.69) is 10.0 Å². The number of non-ortho nitro benzene ring substituents is 1. The van der Waals surface area contributed by atoms with Gasteiger partial charge in [-0.3, -0.25) is 14.9 Å². The number of rotatable bonds is 6. The first-order valence-electron chi connectivity index (χ1n) is 8.53. The summed E-state index contributed by atoms with van der Waals surface area (Å²) in [5, 5.41) is 13.4. The largest absolute Gasteiger partial charge is 0.322 e. The normalized spacial score (nSPS) is 14.8. The molecule has 9 heteroatoms. The Kier molecular flexibility index (Phi) is 5.52. The van der Waals surface area contributed by atoms with E-state index in [4.69, 9.17) is 0 Å². The second-order valence-corrected chi connectivity index (χ2v) is 8.11. The van der Waals surface area contributed by atoms with Crippen LogP contribution in [0.3, 0.4) is 0 Å². The van der Waals surface area contributed by atoms with Gasteiger partial charge in [-0.2, -0.15) is 0 Å². The number of amides is 1. The van der Waals surface area contributed by atoms with Gasteiger partial charge in [0.05, 0.1) is 9.82 Å². The molecule has 1 amide bonds. The molecule has 27 heavy (non-hydrogen) atoms. The van der Waals surface area contributed by atoms with Crippen molar-refractivity contribution < 1.29 is 18.1 Å². The van der Waals surface area contributed by atoms with E-state index in [1.165, 1.54) is 48.5 Å². The first kappa shape index (κ1) is 19.0. The van der Waals surface area contributed by atoms with Crippen molar-refractivity contribution in [2.24, 2.45) is 0 Å². The van der Waals surface area contributed by atoms with Gasteiger partial charge in [-0.05, 0) is 37.1 Å². The molecule has 1 aliphatic carbocycles. The number of anilines is 1. The van der Waals surface area contributed by atoms with E-state index in [9.17, 15) is 23.3 Å². The molecule has 1 aliphatic rings. The fraction of sp³-hybridized carbons (Fsp3) is 0.278. The summed E-state index contributed by atoms with van der Waals surface area (Å²) in [6.45, 7) is 0. The Hall–Kier alpha value is -2.78. The van der Waals surface area contributed by atoms with Gasteiger partial charge in [-0.25, -0.2) is 13.1 Å². The number of nitrogens with one attached hydrogen (secondary N) is 2. The van der Waals surface area contributed by atoms with Crippen LogP contribution >= 0.6 is 0 Å². The number of carbonyl (C=O) groups excluding carboxylic acids is 1. The van der Waals surface area contributed by atoms with Crippen molar-refractivity contribution in [3.8, 4) is 0 Å². The Morgan fingerprint density at radius 1 is 1.07 bits per heavy atom. The van der Waals surface area contributed by atoms with Crippen molar-refractivity contribution in [1.82, 2.24) is 4.72 Å². The number of benzene rings is 2. The highest BCUT2D eigenvalue weighted by Crippen LogP contribution is 2.22. The minimum absolute atomic E-state index is 0.0149. The molecule has 0 radical (unpaired) electrons. The predicted molar refractivity (Wildman–Crippen MR) is 100 cm³/mol. The minimum atomic E-state index is -3.71. The van der Waals surface area contributed by atoms with Crippen LogP contribution in [0.15, 0.2) is 53.4 Å². The van der Waals surface area contributed by atoms with E-state index >= 15 is 0 Å². The Morgan fingerprint density at radius 3 is 2.48 bits per heavy atom. The van der Waals surface area contributed by atoms with Crippen LogP contribution in [0.2, 0.25) is 0 Å². The van der Waals surface area contributed by atoms with Crippen molar-refractivity contribution in [2.75, 3.05) is 5.32 Å². The van der Waals surface area contributed by atoms with Crippen LogP contribution in [0.1, 0.15) is 36.0 Å². The summed E-state index contributed by atoms with van der Waals surface area (Å²) < 4.78 is 27.7. The number of nitrogens with zero attached hydrogens (tertiary/aromatic N) is 1. The lowest BCUT2D eigenvalue weighted by molar-refractivity contribution is -0.384. The van der Waals surface area contributed by atoms with Crippen molar-refractivity contribution >= 4 is 27.3 Å². The standard InChI is InChI=1S/C18H19N3O5S/c22-18(19-15-8-4-9-16(12-15)21(23)24)13-5-3-10-17(11-13)27(25,26)20-14-6-1-2-7-14/h3-5,8-12,14,20H,1-2,6-7H2,(H,19,22). The maximum Gasteiger partial charge on any atom is 0.271 e. The molecule has 3 rings (SSSR count). The predicted octanol–water partition coefficient (Wildman–Crippen LogP) is 3.07. The minimum Gasteiger partial charge on any atom is -0.322 e. The number of hydrogen-bond acceptors (Lipinski definition) is 5. The first-order chi connectivity index (χ1) is 12.8. The number of nitro groups is 1. The Labute approximate surface area is 156 Å². The third-order valence-corrected chi connectivity index (χ3v) is 5.92. The number of nitro benzene ring substituents is 1. The van der Waals surface area contributed by atoms with Crippen LogP contribution in [0.4, 0.5) is 11.4 Å². The molecule has 1 fully saturated rings. The molecule has 0 unspecified atom stereocenters. The van der Waals surface area contributed by atoms with Gasteiger partial charge in [0.25, 0.3) is 11.6 Å². The molecule has 142 valence electrons. The van der Waals surface area contributed by atoms with Crippen LogP contribution in [-0.4, -0.2) is 25.3 Å². The highest BCUT2D eigenvalue weighted by molar-refractivity contribution is 7.89. The van der Waals surface area contributed by atoms with Gasteiger partial charge in [0, 0.05) is 29.4 Å². The average Bonchev–Trinajstić information content (AvgIpc) is 3.14. The zero-order valence-electron chi connectivity index (χ0n) is 14.4. The number of carbonyl (C=O) groups is 1. The Morgan fingerprint density at radius 2 is 1.78 bits per heavy atom. The van der Waals surface area contributed by atoms with Crippen molar-refractivity contribution in [3.63, 3.8) is 0 Å². The number of sulfonamides is 1. The Balaban J connectivity index is 1.77. The lowest BCUT2D eigenvalue weighted by atomic mass is 10.2. The van der Waals surface area contributed by atoms with E-state index in [1.807, 2.05) is 0 Å². The molecule has 0 atom stereocenters. The maximum atomic E-state index is 12.5. The second kappa shape index (κ2) is 7.85. The summed E-state index contributed by atoms with van der Waals surface area (Å²) >= 11 is 0. The van der Waals surface area contributed by atoms with E-state index in [1.54, 1.807) is 0 Å². The fourth-order valence-corrected chi connectivity index (χ4v) is 4.39. The maximum absolute atomic E-state index is 12.5. The van der Waals surface area contributed by atoms with E-state index in [0.29, 0.717) is 0 Å². The molecule has 0 spiro atoms. The van der Waals surface area contributed by atoms with Gasteiger partial charge in [0.2, 0.25) is 10.0 Å². The monoisotopic (exact) mass is 389 g/mol. The topological polar surface area (TPSA) is 118 Å². The molecule has 0 saturated heterocycles.